The van der Waals surface area contributed by atoms with Crippen molar-refractivity contribution < 1.29 is 13.9 Å². The Labute approximate surface area is 108 Å². The van der Waals surface area contributed by atoms with Crippen molar-refractivity contribution in [1.82, 2.24) is 4.98 Å². The van der Waals surface area contributed by atoms with E-state index in [1.54, 1.807) is 36.4 Å². The van der Waals surface area contributed by atoms with Crippen LogP contribution >= 0.6 is 0 Å². The van der Waals surface area contributed by atoms with Crippen LogP contribution in [0.25, 0.3) is 0 Å². The zero-order chi connectivity index (χ0) is 13.7. The van der Waals surface area contributed by atoms with Crippen molar-refractivity contribution in [3.63, 3.8) is 0 Å². The molecule has 0 aliphatic heterocycles. The first-order valence-electron chi connectivity index (χ1n) is 5.28. The molecule has 0 aliphatic rings. The van der Waals surface area contributed by atoms with Gasteiger partial charge in [0.25, 0.3) is 0 Å². The largest absolute Gasteiger partial charge is 0.418 e. The number of hydrogen-bond acceptors (Lipinski definition) is 4. The number of rotatable bonds is 2. The number of benzene rings is 1. The Bertz CT molecular complexity index is 638. The van der Waals surface area contributed by atoms with Crippen molar-refractivity contribution in [1.29, 1.82) is 5.26 Å². The maximum Gasteiger partial charge on any atom is 0.418 e. The van der Waals surface area contributed by atoms with Gasteiger partial charge in [-0.15, -0.1) is 0 Å². The van der Waals surface area contributed by atoms with Crippen LogP contribution in [-0.2, 0) is 0 Å². The highest BCUT2D eigenvalue weighted by molar-refractivity contribution is 5.85. The highest BCUT2D eigenvalue weighted by atomic mass is 19.1. The fourth-order valence-corrected chi connectivity index (χ4v) is 1.31. The van der Waals surface area contributed by atoms with Crippen LogP contribution in [0.1, 0.15) is 5.56 Å². The highest BCUT2D eigenvalue weighted by Crippen LogP contribution is 2.12. The Morgan fingerprint density at radius 1 is 1.37 bits per heavy atom. The quantitative estimate of drug-likeness (QED) is 0.897. The Morgan fingerprint density at radius 3 is 2.74 bits per heavy atom. The number of amides is 1. The van der Waals surface area contributed by atoms with Gasteiger partial charge >= 0.3 is 6.09 Å². The fourth-order valence-electron chi connectivity index (χ4n) is 1.31. The van der Waals surface area contributed by atoms with Gasteiger partial charge in [0.2, 0.25) is 0 Å². The Hall–Kier alpha value is -2.94. The number of carbonyl (C=O) groups is 1. The van der Waals surface area contributed by atoms with Crippen LogP contribution in [0.15, 0.2) is 42.6 Å². The molecule has 0 aliphatic carbocycles. The van der Waals surface area contributed by atoms with Crippen LogP contribution in [-0.4, -0.2) is 11.1 Å². The van der Waals surface area contributed by atoms with Gasteiger partial charge in [-0.1, -0.05) is 18.2 Å². The van der Waals surface area contributed by atoms with Crippen LogP contribution in [0, 0.1) is 17.1 Å². The van der Waals surface area contributed by atoms with Crippen LogP contribution in [0.5, 0.6) is 5.75 Å². The number of nitrogens with one attached hydrogen (secondary N) is 1. The number of halogens is 1. The van der Waals surface area contributed by atoms with Gasteiger partial charge in [-0.25, -0.2) is 14.2 Å². The molecule has 5 nitrogen and oxygen atoms in total. The third-order valence-electron chi connectivity index (χ3n) is 2.16. The number of nitrogens with zero attached hydrogens (tertiary/aromatic N) is 2. The van der Waals surface area contributed by atoms with E-state index in [0.29, 0.717) is 5.75 Å². The molecule has 2 rings (SSSR count). The zero-order valence-electron chi connectivity index (χ0n) is 9.63. The predicted molar refractivity (Wildman–Crippen MR) is 65.0 cm³/mol. The number of carbonyl (C=O) groups excluding carboxylic acids is 1. The lowest BCUT2D eigenvalue weighted by Crippen LogP contribution is -2.17. The van der Waals surface area contributed by atoms with Gasteiger partial charge in [0.05, 0.1) is 6.20 Å². The molecule has 0 spiro atoms. The second kappa shape index (κ2) is 5.60. The number of anilines is 1. The lowest BCUT2D eigenvalue weighted by Gasteiger charge is -2.05. The number of aromatic nitrogens is 1. The maximum atomic E-state index is 13.3. The van der Waals surface area contributed by atoms with E-state index in [1.165, 1.54) is 0 Å². The molecule has 1 N–H and O–H groups in total. The molecule has 19 heavy (non-hydrogen) atoms. The van der Waals surface area contributed by atoms with Crippen LogP contribution in [0.4, 0.5) is 15.0 Å². The van der Waals surface area contributed by atoms with Crippen molar-refractivity contribution in [2.24, 2.45) is 0 Å². The standard InChI is InChI=1S/C13H8FN3O2/c14-11-6-12(16-8-9(11)7-15)17-13(18)19-10-4-2-1-3-5-10/h1-6,8H,(H,16,17,18). The SMILES string of the molecule is N#Cc1cnc(NC(=O)Oc2ccccc2)cc1F. The molecule has 0 fully saturated rings. The molecule has 6 heteroatoms. The number of nitriles is 1. The molecule has 0 unspecified atom stereocenters. The van der Waals surface area contributed by atoms with Crippen molar-refractivity contribution in [3.8, 4) is 11.8 Å². The molecule has 0 atom stereocenters. The molecule has 1 aromatic heterocycles. The van der Waals surface area contributed by atoms with E-state index < -0.39 is 11.9 Å². The summed E-state index contributed by atoms with van der Waals surface area (Å²) in [6, 6.07) is 11.0. The summed E-state index contributed by atoms with van der Waals surface area (Å²) in [6.45, 7) is 0. The van der Waals surface area contributed by atoms with Crippen LogP contribution in [0.3, 0.4) is 0 Å². The summed E-state index contributed by atoms with van der Waals surface area (Å²) in [4.78, 5) is 15.2. The Kier molecular flexibility index (Phi) is 3.69. The van der Waals surface area contributed by atoms with Crippen LogP contribution < -0.4 is 10.1 Å². The average Bonchev–Trinajstić information content (AvgIpc) is 2.40. The van der Waals surface area contributed by atoms with Crippen molar-refractivity contribution in [2.45, 2.75) is 0 Å². The predicted octanol–water partition coefficient (Wildman–Crippen LogP) is 2.70. The summed E-state index contributed by atoms with van der Waals surface area (Å²) < 4.78 is 18.2. The zero-order valence-corrected chi connectivity index (χ0v) is 9.63. The maximum absolute atomic E-state index is 13.3. The van der Waals surface area contributed by atoms with E-state index in [4.69, 9.17) is 10.00 Å². The van der Waals surface area contributed by atoms with Gasteiger partial charge in [-0.2, -0.15) is 5.26 Å². The highest BCUT2D eigenvalue weighted by Gasteiger charge is 2.08. The summed E-state index contributed by atoms with van der Waals surface area (Å²) in [5.41, 5.74) is -0.193. The van der Waals surface area contributed by atoms with Gasteiger partial charge in [0, 0.05) is 6.07 Å². The molecule has 0 saturated heterocycles. The van der Waals surface area contributed by atoms with E-state index in [9.17, 15) is 9.18 Å². The topological polar surface area (TPSA) is 75.0 Å². The van der Waals surface area contributed by atoms with Crippen LogP contribution in [0.2, 0.25) is 0 Å². The van der Waals surface area contributed by atoms with E-state index >= 15 is 0 Å². The molecular weight excluding hydrogens is 249 g/mol. The second-order valence-electron chi connectivity index (χ2n) is 3.49. The molecule has 1 aromatic carbocycles. The third-order valence-corrected chi connectivity index (χ3v) is 2.16. The summed E-state index contributed by atoms with van der Waals surface area (Å²) in [6.07, 6.45) is 0.246. The lowest BCUT2D eigenvalue weighted by molar-refractivity contribution is 0.215. The average molecular weight is 257 g/mol. The minimum atomic E-state index is -0.789. The van der Waals surface area contributed by atoms with Gasteiger partial charge in [-0.3, -0.25) is 5.32 Å². The second-order valence-corrected chi connectivity index (χ2v) is 3.49. The smallest absolute Gasteiger partial charge is 0.410 e. The number of ether oxygens (including phenoxy) is 1. The van der Waals surface area contributed by atoms with Gasteiger partial charge in [-0.05, 0) is 12.1 Å². The fraction of sp³-hybridized carbons (Fsp3) is 0. The minimum Gasteiger partial charge on any atom is -0.410 e. The monoisotopic (exact) mass is 257 g/mol. The van der Waals surface area contributed by atoms with E-state index in [0.717, 1.165) is 12.3 Å². The van der Waals surface area contributed by atoms with Crippen molar-refractivity contribution in [3.05, 3.63) is 54.0 Å². The molecule has 0 saturated carbocycles. The summed E-state index contributed by atoms with van der Waals surface area (Å²) in [7, 11) is 0. The lowest BCUT2D eigenvalue weighted by atomic mass is 10.3. The number of hydrogen-bond donors (Lipinski definition) is 1. The van der Waals surface area contributed by atoms with Crippen molar-refractivity contribution >= 4 is 11.9 Å². The third kappa shape index (κ3) is 3.26. The van der Waals surface area contributed by atoms with Gasteiger partial charge in [0.15, 0.2) is 0 Å². The Balaban J connectivity index is 2.04. The number of para-hydroxylation sites is 1. The van der Waals surface area contributed by atoms with Gasteiger partial charge in [0.1, 0.15) is 29.0 Å². The first-order valence-corrected chi connectivity index (χ1v) is 5.28. The van der Waals surface area contributed by atoms with Crippen molar-refractivity contribution in [2.75, 3.05) is 5.32 Å². The molecule has 2 aromatic rings. The van der Waals surface area contributed by atoms with E-state index in [1.807, 2.05) is 0 Å². The molecule has 0 bridgehead atoms. The Morgan fingerprint density at radius 2 is 2.11 bits per heavy atom. The summed E-state index contributed by atoms with van der Waals surface area (Å²) in [5.74, 6) is -0.431. The molecule has 0 radical (unpaired) electrons. The molecule has 94 valence electrons. The van der Waals surface area contributed by atoms with E-state index in [-0.39, 0.29) is 11.4 Å². The molecule has 1 amide bonds. The molecular formula is C13H8FN3O2. The first-order chi connectivity index (χ1) is 9.19. The van der Waals surface area contributed by atoms with E-state index in [2.05, 4.69) is 10.3 Å². The summed E-state index contributed by atoms with van der Waals surface area (Å²) in [5, 5.41) is 10.8. The summed E-state index contributed by atoms with van der Waals surface area (Å²) >= 11 is 0. The minimum absolute atomic E-state index is 0.0302. The number of pyridine rings is 1. The van der Waals surface area contributed by atoms with Gasteiger partial charge < -0.3 is 4.74 Å². The normalized spacial score (nSPS) is 9.47. The molecule has 1 heterocycles. The first kappa shape index (κ1) is 12.5.